The molecule has 2 aromatic rings. The predicted octanol–water partition coefficient (Wildman–Crippen LogP) is 6.14. The fourth-order valence-electron chi connectivity index (χ4n) is 3.81. The summed E-state index contributed by atoms with van der Waals surface area (Å²) in [5, 5.41) is 7.56. The van der Waals surface area contributed by atoms with Gasteiger partial charge in [0.2, 0.25) is 5.91 Å². The van der Waals surface area contributed by atoms with Gasteiger partial charge in [0.25, 0.3) is 0 Å². The van der Waals surface area contributed by atoms with E-state index in [1.54, 1.807) is 0 Å². The number of carbonyl (C=O) groups excluding carboxylic acids is 1. The van der Waals surface area contributed by atoms with Crippen molar-refractivity contribution >= 4 is 23.2 Å². The van der Waals surface area contributed by atoms with Crippen LogP contribution in [-0.4, -0.2) is 11.1 Å². The van der Waals surface area contributed by atoms with Gasteiger partial charge in [0, 0.05) is 24.8 Å². The molecule has 1 amide bonds. The van der Waals surface area contributed by atoms with Crippen LogP contribution in [0.25, 0.3) is 0 Å². The molecule has 1 aromatic heterocycles. The zero-order valence-corrected chi connectivity index (χ0v) is 17.4. The van der Waals surface area contributed by atoms with Gasteiger partial charge in [-0.3, -0.25) is 4.79 Å². The fraction of sp³-hybridized carbons (Fsp3) is 0.545. The molecule has 0 spiro atoms. The Kier molecular flexibility index (Phi) is 5.95. The van der Waals surface area contributed by atoms with Crippen molar-refractivity contribution in [3.8, 4) is 0 Å². The number of hydrogen-bond donors (Lipinski definition) is 1. The largest absolute Gasteiger partial charge is 0.361 e. The Morgan fingerprint density at radius 3 is 2.70 bits per heavy atom. The predicted molar refractivity (Wildman–Crippen MR) is 109 cm³/mol. The molecule has 0 unspecified atom stereocenters. The zero-order chi connectivity index (χ0) is 19.6. The van der Waals surface area contributed by atoms with Crippen molar-refractivity contribution in [2.24, 2.45) is 11.3 Å². The Bertz CT molecular complexity index is 801. The van der Waals surface area contributed by atoms with Gasteiger partial charge in [-0.1, -0.05) is 43.6 Å². The first kappa shape index (κ1) is 19.9. The molecule has 1 aliphatic rings. The Morgan fingerprint density at radius 2 is 2.04 bits per heavy atom. The maximum atomic E-state index is 12.2. The molecule has 1 heterocycles. The second kappa shape index (κ2) is 8.05. The van der Waals surface area contributed by atoms with Gasteiger partial charge >= 0.3 is 0 Å². The van der Waals surface area contributed by atoms with Crippen LogP contribution in [0.15, 0.2) is 28.8 Å². The van der Waals surface area contributed by atoms with Crippen LogP contribution in [0.1, 0.15) is 69.4 Å². The van der Waals surface area contributed by atoms with E-state index in [0.717, 1.165) is 22.9 Å². The van der Waals surface area contributed by atoms with Crippen LogP contribution in [0.3, 0.4) is 0 Å². The first-order valence-corrected chi connectivity index (χ1v) is 10.1. The van der Waals surface area contributed by atoms with Crippen LogP contribution < -0.4 is 5.32 Å². The number of aryl methyl sites for hydroxylation is 2. The summed E-state index contributed by atoms with van der Waals surface area (Å²) in [5.74, 6) is 2.17. The number of nitrogens with zero attached hydrogens (tertiary/aromatic N) is 1. The van der Waals surface area contributed by atoms with Gasteiger partial charge in [0.05, 0.1) is 16.4 Å². The number of amides is 1. The van der Waals surface area contributed by atoms with E-state index in [4.69, 9.17) is 16.1 Å². The number of nitrogens with one attached hydrogen (secondary N) is 1. The van der Waals surface area contributed by atoms with Crippen molar-refractivity contribution in [1.29, 1.82) is 0 Å². The number of hydrogen-bond acceptors (Lipinski definition) is 3. The molecule has 4 nitrogen and oxygen atoms in total. The van der Waals surface area contributed by atoms with Gasteiger partial charge < -0.3 is 9.84 Å². The molecule has 27 heavy (non-hydrogen) atoms. The van der Waals surface area contributed by atoms with Crippen molar-refractivity contribution in [2.45, 2.75) is 65.7 Å². The van der Waals surface area contributed by atoms with Crippen LogP contribution >= 0.6 is 11.6 Å². The number of halogens is 1. The summed E-state index contributed by atoms with van der Waals surface area (Å²) in [6.45, 7) is 8.85. The van der Waals surface area contributed by atoms with Gasteiger partial charge in [-0.2, -0.15) is 0 Å². The molecule has 0 bridgehead atoms. The second-order valence-electron chi connectivity index (χ2n) is 9.05. The number of carbonyl (C=O) groups is 1. The average molecular weight is 389 g/mol. The molecular weight excluding hydrogens is 360 g/mol. The molecule has 1 N–H and O–H groups in total. The second-order valence-corrected chi connectivity index (χ2v) is 9.46. The van der Waals surface area contributed by atoms with E-state index in [1.165, 1.54) is 19.3 Å². The lowest BCUT2D eigenvalue weighted by atomic mass is 9.67. The first-order chi connectivity index (χ1) is 12.7. The summed E-state index contributed by atoms with van der Waals surface area (Å²) in [6.07, 6.45) is 4.54. The molecule has 1 fully saturated rings. The number of anilines is 1. The SMILES string of the molecule is Cc1ccc(NC(=O)CCc2cc([C@H]3C[C@@H](CC(C)(C)C)C3)on2)c(Cl)c1. The third kappa shape index (κ3) is 5.58. The third-order valence-electron chi connectivity index (χ3n) is 5.12. The van der Waals surface area contributed by atoms with Crippen LogP contribution in [-0.2, 0) is 11.2 Å². The summed E-state index contributed by atoms with van der Waals surface area (Å²) in [6, 6.07) is 7.61. The minimum absolute atomic E-state index is 0.0702. The Hall–Kier alpha value is -1.81. The molecule has 1 aromatic carbocycles. The van der Waals surface area contributed by atoms with Gasteiger partial charge in [-0.05, 0) is 55.2 Å². The van der Waals surface area contributed by atoms with Crippen molar-refractivity contribution in [1.82, 2.24) is 5.16 Å². The lowest BCUT2D eigenvalue weighted by Gasteiger charge is -2.37. The quantitative estimate of drug-likeness (QED) is 0.646. The maximum absolute atomic E-state index is 12.2. The topological polar surface area (TPSA) is 55.1 Å². The molecule has 5 heteroatoms. The third-order valence-corrected chi connectivity index (χ3v) is 5.44. The minimum Gasteiger partial charge on any atom is -0.361 e. The van der Waals surface area contributed by atoms with Crippen molar-refractivity contribution in [3.05, 3.63) is 46.3 Å². The van der Waals surface area contributed by atoms with Crippen molar-refractivity contribution < 1.29 is 9.32 Å². The van der Waals surface area contributed by atoms with Gasteiger partial charge in [-0.15, -0.1) is 0 Å². The molecular formula is C22H29ClN2O2. The standard InChI is InChI=1S/C22H29ClN2O2/c1-14-5-7-19(18(23)9-14)24-21(26)8-6-17-12-20(27-25-17)16-10-15(11-16)13-22(2,3)4/h5,7,9,12,15-16H,6,8,10-11,13H2,1-4H3,(H,24,26)/t15-,16+. The minimum atomic E-state index is -0.0702. The zero-order valence-electron chi connectivity index (χ0n) is 16.6. The molecule has 1 aliphatic carbocycles. The highest BCUT2D eigenvalue weighted by atomic mass is 35.5. The van der Waals surface area contributed by atoms with Gasteiger partial charge in [0.1, 0.15) is 5.76 Å². The highest BCUT2D eigenvalue weighted by Gasteiger charge is 2.35. The van der Waals surface area contributed by atoms with E-state index in [0.29, 0.717) is 34.9 Å². The van der Waals surface area contributed by atoms with E-state index >= 15 is 0 Å². The van der Waals surface area contributed by atoms with Crippen LogP contribution in [0, 0.1) is 18.3 Å². The number of aromatic nitrogens is 1. The Balaban J connectivity index is 1.45. The van der Waals surface area contributed by atoms with E-state index in [2.05, 4.69) is 31.2 Å². The van der Waals surface area contributed by atoms with E-state index in [-0.39, 0.29) is 5.91 Å². The summed E-state index contributed by atoms with van der Waals surface area (Å²) >= 11 is 6.16. The Labute approximate surface area is 166 Å². The molecule has 0 radical (unpaired) electrons. The van der Waals surface area contributed by atoms with E-state index in [9.17, 15) is 4.79 Å². The molecule has 0 atom stereocenters. The monoisotopic (exact) mass is 388 g/mol. The molecule has 3 rings (SSSR count). The highest BCUT2D eigenvalue weighted by Crippen LogP contribution is 2.46. The highest BCUT2D eigenvalue weighted by molar-refractivity contribution is 6.33. The maximum Gasteiger partial charge on any atom is 0.224 e. The summed E-state index contributed by atoms with van der Waals surface area (Å²) in [7, 11) is 0. The van der Waals surface area contributed by atoms with E-state index in [1.807, 2.05) is 31.2 Å². The van der Waals surface area contributed by atoms with Crippen LogP contribution in [0.4, 0.5) is 5.69 Å². The summed E-state index contributed by atoms with van der Waals surface area (Å²) < 4.78 is 5.53. The summed E-state index contributed by atoms with van der Waals surface area (Å²) in [4.78, 5) is 12.2. The van der Waals surface area contributed by atoms with Gasteiger partial charge in [-0.25, -0.2) is 0 Å². The first-order valence-electron chi connectivity index (χ1n) is 9.71. The van der Waals surface area contributed by atoms with Crippen LogP contribution in [0.5, 0.6) is 0 Å². The molecule has 1 saturated carbocycles. The lowest BCUT2D eigenvalue weighted by Crippen LogP contribution is -2.25. The molecule has 146 valence electrons. The van der Waals surface area contributed by atoms with Crippen molar-refractivity contribution in [2.75, 3.05) is 5.32 Å². The smallest absolute Gasteiger partial charge is 0.224 e. The lowest BCUT2D eigenvalue weighted by molar-refractivity contribution is -0.116. The van der Waals surface area contributed by atoms with Crippen LogP contribution in [0.2, 0.25) is 5.02 Å². The van der Waals surface area contributed by atoms with Crippen molar-refractivity contribution in [3.63, 3.8) is 0 Å². The normalized spacial score (nSPS) is 19.6. The molecule has 0 saturated heterocycles. The average Bonchev–Trinajstić information content (AvgIpc) is 2.99. The van der Waals surface area contributed by atoms with E-state index < -0.39 is 0 Å². The summed E-state index contributed by atoms with van der Waals surface area (Å²) in [5.41, 5.74) is 2.94. The Morgan fingerprint density at radius 1 is 1.30 bits per heavy atom. The number of rotatable bonds is 6. The number of benzene rings is 1. The molecule has 0 aliphatic heterocycles. The van der Waals surface area contributed by atoms with Gasteiger partial charge in [0.15, 0.2) is 0 Å². The fourth-order valence-corrected chi connectivity index (χ4v) is 4.10.